The van der Waals surface area contributed by atoms with Crippen molar-refractivity contribution in [1.82, 2.24) is 0 Å². The molecule has 3 heteroatoms. The molecule has 2 rings (SSSR count). The second-order valence-corrected chi connectivity index (χ2v) is 6.50. The SMILES string of the molecule is C=C(CCC(=C/C)/N=C(\C)c1cccc(/C(C)=C/N)c1)Nc1ccccc1. The van der Waals surface area contributed by atoms with Crippen molar-refractivity contribution in [2.75, 3.05) is 5.32 Å². The van der Waals surface area contributed by atoms with E-state index in [0.717, 1.165) is 52.3 Å². The lowest BCUT2D eigenvalue weighted by Crippen LogP contribution is -2.00. The smallest absolute Gasteiger partial charge is 0.0448 e. The summed E-state index contributed by atoms with van der Waals surface area (Å²) in [6.45, 7) is 10.2. The molecule has 3 nitrogen and oxygen atoms in total. The highest BCUT2D eigenvalue weighted by atomic mass is 14.9. The Kier molecular flexibility index (Phi) is 7.63. The number of para-hydroxylation sites is 1. The highest BCUT2D eigenvalue weighted by Crippen LogP contribution is 2.18. The summed E-state index contributed by atoms with van der Waals surface area (Å²) >= 11 is 0. The monoisotopic (exact) mass is 359 g/mol. The molecule has 27 heavy (non-hydrogen) atoms. The number of nitrogens with two attached hydrogens (primary N) is 1. The van der Waals surface area contributed by atoms with Gasteiger partial charge in [0.25, 0.3) is 0 Å². The lowest BCUT2D eigenvalue weighted by atomic mass is 10.0. The number of anilines is 1. The summed E-state index contributed by atoms with van der Waals surface area (Å²) in [7, 11) is 0. The van der Waals surface area contributed by atoms with Crippen LogP contribution in [0.15, 0.2) is 89.8 Å². The van der Waals surface area contributed by atoms with Gasteiger partial charge in [0, 0.05) is 22.8 Å². The van der Waals surface area contributed by atoms with Gasteiger partial charge in [-0.05, 0) is 74.7 Å². The van der Waals surface area contributed by atoms with Gasteiger partial charge < -0.3 is 11.1 Å². The Morgan fingerprint density at radius 1 is 1.04 bits per heavy atom. The lowest BCUT2D eigenvalue weighted by molar-refractivity contribution is 0.915. The van der Waals surface area contributed by atoms with Gasteiger partial charge in [-0.3, -0.25) is 4.99 Å². The maximum Gasteiger partial charge on any atom is 0.0448 e. The fourth-order valence-corrected chi connectivity index (χ4v) is 2.70. The normalized spacial score (nSPS) is 12.8. The molecule has 140 valence electrons. The van der Waals surface area contributed by atoms with Gasteiger partial charge in [0.2, 0.25) is 0 Å². The number of aliphatic imine (C=N–C) groups is 1. The fourth-order valence-electron chi connectivity index (χ4n) is 2.70. The molecule has 2 aromatic rings. The minimum Gasteiger partial charge on any atom is -0.404 e. The predicted octanol–water partition coefficient (Wildman–Crippen LogP) is 6.12. The number of benzene rings is 2. The van der Waals surface area contributed by atoms with Crippen molar-refractivity contribution >= 4 is 17.0 Å². The molecule has 0 spiro atoms. The molecular weight excluding hydrogens is 330 g/mol. The molecule has 0 aromatic heterocycles. The maximum atomic E-state index is 5.64. The zero-order valence-electron chi connectivity index (χ0n) is 16.5. The van der Waals surface area contributed by atoms with Gasteiger partial charge in [0.15, 0.2) is 0 Å². The molecule has 3 N–H and O–H groups in total. The number of hydrogen-bond donors (Lipinski definition) is 2. The summed E-state index contributed by atoms with van der Waals surface area (Å²) in [5.74, 6) is 0. The molecule has 0 heterocycles. The van der Waals surface area contributed by atoms with E-state index in [1.54, 1.807) is 6.20 Å². The number of allylic oxidation sites excluding steroid dienone is 4. The fraction of sp³-hybridized carbons (Fsp3) is 0.208. The number of hydrogen-bond acceptors (Lipinski definition) is 3. The van der Waals surface area contributed by atoms with Gasteiger partial charge in [0.05, 0.1) is 0 Å². The van der Waals surface area contributed by atoms with Crippen LogP contribution in [0.25, 0.3) is 5.57 Å². The number of nitrogens with zero attached hydrogens (tertiary/aromatic N) is 1. The van der Waals surface area contributed by atoms with Gasteiger partial charge in [-0.2, -0.15) is 0 Å². The second-order valence-electron chi connectivity index (χ2n) is 6.50. The third-order valence-electron chi connectivity index (χ3n) is 4.41. The van der Waals surface area contributed by atoms with Gasteiger partial charge >= 0.3 is 0 Å². The lowest BCUT2D eigenvalue weighted by Gasteiger charge is -2.11. The quantitative estimate of drug-likeness (QED) is 0.557. The van der Waals surface area contributed by atoms with Crippen LogP contribution in [0.1, 0.15) is 44.7 Å². The van der Waals surface area contributed by atoms with E-state index < -0.39 is 0 Å². The van der Waals surface area contributed by atoms with E-state index in [-0.39, 0.29) is 0 Å². The largest absolute Gasteiger partial charge is 0.404 e. The van der Waals surface area contributed by atoms with E-state index in [4.69, 9.17) is 10.7 Å². The van der Waals surface area contributed by atoms with Crippen LogP contribution in [0.3, 0.4) is 0 Å². The van der Waals surface area contributed by atoms with E-state index in [1.165, 1.54) is 0 Å². The molecule has 0 atom stereocenters. The first-order chi connectivity index (χ1) is 13.0. The minimum atomic E-state index is 0.834. The van der Waals surface area contributed by atoms with Crippen molar-refractivity contribution in [2.24, 2.45) is 10.7 Å². The summed E-state index contributed by atoms with van der Waals surface area (Å²) in [4.78, 5) is 4.83. The Labute approximate surface area is 163 Å². The van der Waals surface area contributed by atoms with Gasteiger partial charge in [0.1, 0.15) is 0 Å². The number of nitrogens with one attached hydrogen (secondary N) is 1. The molecule has 0 radical (unpaired) electrons. The van der Waals surface area contributed by atoms with E-state index in [2.05, 4.69) is 36.2 Å². The van der Waals surface area contributed by atoms with Crippen LogP contribution in [-0.4, -0.2) is 5.71 Å². The summed E-state index contributed by atoms with van der Waals surface area (Å²) in [6.07, 6.45) is 5.37. The Hall–Kier alpha value is -3.07. The highest BCUT2D eigenvalue weighted by Gasteiger charge is 2.04. The summed E-state index contributed by atoms with van der Waals surface area (Å²) in [6, 6.07) is 18.4. The Morgan fingerprint density at radius 2 is 1.74 bits per heavy atom. The third kappa shape index (κ3) is 6.30. The zero-order valence-corrected chi connectivity index (χ0v) is 16.5. The van der Waals surface area contributed by atoms with Crippen molar-refractivity contribution < 1.29 is 0 Å². The van der Waals surface area contributed by atoms with E-state index in [9.17, 15) is 0 Å². The molecular formula is C24H29N3. The first kappa shape index (κ1) is 20.2. The summed E-state index contributed by atoms with van der Waals surface area (Å²) in [5, 5.41) is 3.34. The Morgan fingerprint density at radius 3 is 2.41 bits per heavy atom. The molecule has 0 aliphatic carbocycles. The van der Waals surface area contributed by atoms with Crippen molar-refractivity contribution in [2.45, 2.75) is 33.6 Å². The van der Waals surface area contributed by atoms with E-state index in [0.29, 0.717) is 0 Å². The first-order valence-corrected chi connectivity index (χ1v) is 9.23. The number of rotatable bonds is 8. The van der Waals surface area contributed by atoms with E-state index in [1.807, 2.05) is 57.2 Å². The Balaban J connectivity index is 2.02. The van der Waals surface area contributed by atoms with Crippen molar-refractivity contribution in [3.05, 3.63) is 96.0 Å². The van der Waals surface area contributed by atoms with Crippen LogP contribution in [0, 0.1) is 0 Å². The molecule has 0 saturated carbocycles. The molecule has 0 aliphatic rings. The molecule has 0 unspecified atom stereocenters. The summed E-state index contributed by atoms with van der Waals surface area (Å²) < 4.78 is 0. The van der Waals surface area contributed by atoms with Crippen molar-refractivity contribution in [3.63, 3.8) is 0 Å². The molecule has 2 aromatic carbocycles. The zero-order chi connectivity index (χ0) is 19.6. The van der Waals surface area contributed by atoms with Crippen LogP contribution in [0.5, 0.6) is 0 Å². The molecule has 0 bridgehead atoms. The first-order valence-electron chi connectivity index (χ1n) is 9.23. The molecule has 0 fully saturated rings. The van der Waals surface area contributed by atoms with E-state index >= 15 is 0 Å². The maximum absolute atomic E-state index is 5.64. The van der Waals surface area contributed by atoms with Crippen LogP contribution < -0.4 is 11.1 Å². The molecule has 0 aliphatic heterocycles. The molecule has 0 saturated heterocycles. The summed E-state index contributed by atoms with van der Waals surface area (Å²) in [5.41, 5.74) is 13.0. The topological polar surface area (TPSA) is 50.4 Å². The minimum absolute atomic E-state index is 0.834. The van der Waals surface area contributed by atoms with Crippen LogP contribution >= 0.6 is 0 Å². The molecule has 0 amide bonds. The third-order valence-corrected chi connectivity index (χ3v) is 4.41. The second kappa shape index (κ2) is 10.2. The predicted molar refractivity (Wildman–Crippen MR) is 119 cm³/mol. The van der Waals surface area contributed by atoms with Gasteiger partial charge in [-0.25, -0.2) is 0 Å². The van der Waals surface area contributed by atoms with Crippen molar-refractivity contribution in [3.8, 4) is 0 Å². The van der Waals surface area contributed by atoms with Gasteiger partial charge in [-0.1, -0.05) is 49.1 Å². The average Bonchev–Trinajstić information content (AvgIpc) is 2.71. The van der Waals surface area contributed by atoms with Crippen LogP contribution in [0.2, 0.25) is 0 Å². The highest BCUT2D eigenvalue weighted by molar-refractivity contribution is 6.00. The average molecular weight is 360 g/mol. The van der Waals surface area contributed by atoms with Crippen LogP contribution in [0.4, 0.5) is 5.69 Å². The van der Waals surface area contributed by atoms with Crippen molar-refractivity contribution in [1.29, 1.82) is 0 Å². The van der Waals surface area contributed by atoms with Gasteiger partial charge in [-0.15, -0.1) is 0 Å². The van der Waals surface area contributed by atoms with Crippen LogP contribution in [-0.2, 0) is 0 Å². The standard InChI is InChI=1S/C24H29N3/c1-5-23(15-14-19(3)26-24-12-7-6-8-13-24)27-20(4)22-11-9-10-21(16-22)18(2)17-25/h5-13,16-17,26H,3,14-15,25H2,1-2,4H3/b18-17+,23-5-,27-20+. The Bertz CT molecular complexity index is 858.